The van der Waals surface area contributed by atoms with Crippen LogP contribution in [0, 0.1) is 5.92 Å². The van der Waals surface area contributed by atoms with Crippen LogP contribution in [0.1, 0.15) is 26.5 Å². The first-order chi connectivity index (χ1) is 16.6. The summed E-state index contributed by atoms with van der Waals surface area (Å²) in [6.07, 6.45) is -2.46. The van der Waals surface area contributed by atoms with Gasteiger partial charge in [-0.1, -0.05) is 20.3 Å². The van der Waals surface area contributed by atoms with Gasteiger partial charge in [0.1, 0.15) is 24.6 Å². The highest BCUT2D eigenvalue weighted by Crippen LogP contribution is 2.66. The zero-order chi connectivity index (χ0) is 26.9. The van der Waals surface area contributed by atoms with Gasteiger partial charge in [0.05, 0.1) is 12.9 Å². The lowest BCUT2D eigenvalue weighted by atomic mass is 10.1. The summed E-state index contributed by atoms with van der Waals surface area (Å²) < 4.78 is 52.6. The summed E-state index contributed by atoms with van der Waals surface area (Å²) in [4.78, 5) is 48.5. The first-order valence-electron chi connectivity index (χ1n) is 10.3. The van der Waals surface area contributed by atoms with E-state index in [2.05, 4.69) is 40.3 Å². The van der Waals surface area contributed by atoms with Gasteiger partial charge in [-0.05, 0) is 5.92 Å². The number of anilines is 1. The summed E-state index contributed by atoms with van der Waals surface area (Å²) in [7, 11) is -16.7. The van der Waals surface area contributed by atoms with Crippen LogP contribution in [-0.4, -0.2) is 80.8 Å². The number of phosphoric ester groups is 1. The fourth-order valence-electron chi connectivity index (χ4n) is 3.15. The van der Waals surface area contributed by atoms with Crippen molar-refractivity contribution in [3.05, 3.63) is 12.7 Å². The number of rotatable bonds is 12. The van der Waals surface area contributed by atoms with Crippen LogP contribution in [0.25, 0.3) is 11.2 Å². The molecule has 0 bridgehead atoms. The maximum Gasteiger partial charge on any atom is 0.490 e. The average Bonchev–Trinajstić information content (AvgIpc) is 3.29. The number of ether oxygens (including phenoxy) is 1. The van der Waals surface area contributed by atoms with Crippen LogP contribution in [0.4, 0.5) is 5.82 Å². The molecule has 0 spiro atoms. The second kappa shape index (κ2) is 11.2. The predicted molar refractivity (Wildman–Crippen MR) is 119 cm³/mol. The summed E-state index contributed by atoms with van der Waals surface area (Å²) in [6.45, 7) is 3.78. The Morgan fingerprint density at radius 1 is 1.08 bits per heavy atom. The smallest absolute Gasteiger partial charge is 0.387 e. The number of phosphoric acid groups is 3. The van der Waals surface area contributed by atoms with Crippen molar-refractivity contribution in [1.29, 1.82) is 0 Å². The first kappa shape index (κ1) is 29.2. The second-order valence-electron chi connectivity index (χ2n) is 7.87. The van der Waals surface area contributed by atoms with Crippen molar-refractivity contribution < 1.29 is 61.4 Å². The summed E-state index contributed by atoms with van der Waals surface area (Å²) in [6, 6.07) is 0. The van der Waals surface area contributed by atoms with Crippen LogP contribution in [-0.2, 0) is 31.6 Å². The van der Waals surface area contributed by atoms with Crippen LogP contribution >= 0.6 is 23.5 Å². The van der Waals surface area contributed by atoms with E-state index < -0.39 is 54.6 Å². The molecule has 3 rings (SSSR count). The molecule has 0 aromatic carbocycles. The molecule has 2 aromatic heterocycles. The van der Waals surface area contributed by atoms with Gasteiger partial charge in [-0.2, -0.15) is 8.62 Å². The number of fused-ring (bicyclic) bond motifs is 1. The van der Waals surface area contributed by atoms with Gasteiger partial charge >= 0.3 is 23.5 Å². The zero-order valence-electron chi connectivity index (χ0n) is 18.8. The van der Waals surface area contributed by atoms with E-state index in [1.54, 1.807) is 0 Å². The van der Waals surface area contributed by atoms with E-state index in [1.807, 2.05) is 6.92 Å². The molecule has 1 aliphatic rings. The van der Waals surface area contributed by atoms with Crippen molar-refractivity contribution in [3.8, 4) is 0 Å². The van der Waals surface area contributed by atoms with Crippen LogP contribution < -0.4 is 5.32 Å². The zero-order valence-corrected chi connectivity index (χ0v) is 21.5. The summed E-state index contributed by atoms with van der Waals surface area (Å²) in [5, 5.41) is 24.0. The minimum Gasteiger partial charge on any atom is -0.387 e. The molecule has 0 aliphatic carbocycles. The molecule has 1 saturated heterocycles. The normalized spacial score (nSPS) is 27.0. The highest BCUT2D eigenvalue weighted by Gasteiger charge is 2.47. The van der Waals surface area contributed by atoms with Crippen molar-refractivity contribution in [2.45, 2.75) is 44.8 Å². The Balaban J connectivity index is 1.70. The van der Waals surface area contributed by atoms with Crippen molar-refractivity contribution in [2.75, 3.05) is 18.5 Å². The third-order valence-electron chi connectivity index (χ3n) is 5.10. The van der Waals surface area contributed by atoms with E-state index in [-0.39, 0.29) is 5.65 Å². The highest BCUT2D eigenvalue weighted by atomic mass is 31.3. The number of aliphatic hydroxyl groups excluding tert-OH is 2. The number of imidazole rings is 1. The van der Waals surface area contributed by atoms with Gasteiger partial charge in [-0.25, -0.2) is 28.6 Å². The van der Waals surface area contributed by atoms with Crippen LogP contribution in [0.3, 0.4) is 0 Å². The molecule has 0 saturated carbocycles. The number of aromatic nitrogens is 4. The Kier molecular flexibility index (Phi) is 9.06. The molecule has 0 amide bonds. The van der Waals surface area contributed by atoms with Crippen molar-refractivity contribution >= 4 is 40.4 Å². The van der Waals surface area contributed by atoms with E-state index in [0.29, 0.717) is 23.8 Å². The summed E-state index contributed by atoms with van der Waals surface area (Å²) >= 11 is 0. The number of hydrogen-bond donors (Lipinski definition) is 7. The largest absolute Gasteiger partial charge is 0.490 e. The standard InChI is InChI=1S/C15H26N5O13P3/c1-3-8(2)4-16-13-10-14(18-6-17-13)20(7-19-10)15-12(22)11(21)9(31-15)5-30-35(26,27)33-36(28,29)32-34(23,24)25/h6-9,11-12,15,21-22H,3-5H2,1-2H3,(H,26,27)(H,28,29)(H,16,17,18)(H2,23,24,25)/t8?,9-,11-,12-,15-/m1/s1. The SMILES string of the molecule is CCC(C)CNc1ncnc2c1ncn2[C@@H]1O[C@H](COP(=O)(O)OP(=O)(O)OP(=O)(O)O)[C@@H](O)[C@H]1O. The summed E-state index contributed by atoms with van der Waals surface area (Å²) in [5.41, 5.74) is 0.615. The minimum atomic E-state index is -5.71. The van der Waals surface area contributed by atoms with Crippen molar-refractivity contribution in [1.82, 2.24) is 19.5 Å². The van der Waals surface area contributed by atoms with Gasteiger partial charge in [0.15, 0.2) is 23.2 Å². The fraction of sp³-hybridized carbons (Fsp3) is 0.667. The molecular formula is C15H26N5O13P3. The van der Waals surface area contributed by atoms with Gasteiger partial charge in [-0.3, -0.25) is 9.09 Å². The van der Waals surface area contributed by atoms with Crippen LogP contribution in [0.2, 0.25) is 0 Å². The quantitative estimate of drug-likeness (QED) is 0.167. The predicted octanol–water partition coefficient (Wildman–Crippen LogP) is 0.247. The van der Waals surface area contributed by atoms with Crippen molar-refractivity contribution in [2.24, 2.45) is 5.92 Å². The van der Waals surface area contributed by atoms with Crippen LogP contribution in [0.15, 0.2) is 12.7 Å². The number of aliphatic hydroxyl groups is 2. The lowest BCUT2D eigenvalue weighted by molar-refractivity contribution is -0.0503. The minimum absolute atomic E-state index is 0.251. The molecule has 3 unspecified atom stereocenters. The van der Waals surface area contributed by atoms with E-state index >= 15 is 0 Å². The van der Waals surface area contributed by atoms with Gasteiger partial charge in [-0.15, -0.1) is 0 Å². The third kappa shape index (κ3) is 7.36. The Morgan fingerprint density at radius 2 is 1.78 bits per heavy atom. The third-order valence-corrected chi connectivity index (χ3v) is 8.91. The molecule has 18 nitrogen and oxygen atoms in total. The van der Waals surface area contributed by atoms with Gasteiger partial charge in [0.25, 0.3) is 0 Å². The van der Waals surface area contributed by atoms with E-state index in [9.17, 15) is 33.7 Å². The monoisotopic (exact) mass is 577 g/mol. The average molecular weight is 577 g/mol. The number of nitrogens with one attached hydrogen (secondary N) is 1. The molecule has 3 heterocycles. The fourth-order valence-corrected chi connectivity index (χ4v) is 6.18. The Morgan fingerprint density at radius 3 is 2.42 bits per heavy atom. The topological polar surface area (TPSA) is 265 Å². The maximum absolute atomic E-state index is 11.9. The van der Waals surface area contributed by atoms with Gasteiger partial charge < -0.3 is 39.8 Å². The molecule has 36 heavy (non-hydrogen) atoms. The Bertz CT molecular complexity index is 1210. The molecule has 7 N–H and O–H groups in total. The summed E-state index contributed by atoms with van der Waals surface area (Å²) in [5.74, 6) is 0.804. The van der Waals surface area contributed by atoms with E-state index in [4.69, 9.17) is 14.5 Å². The highest BCUT2D eigenvalue weighted by molar-refractivity contribution is 7.66. The number of hydrogen-bond acceptors (Lipinski definition) is 13. The molecule has 0 radical (unpaired) electrons. The molecule has 204 valence electrons. The van der Waals surface area contributed by atoms with Crippen LogP contribution in [0.5, 0.6) is 0 Å². The second-order valence-corrected chi connectivity index (χ2v) is 12.3. The Labute approximate surface area is 203 Å². The van der Waals surface area contributed by atoms with Gasteiger partial charge in [0.2, 0.25) is 0 Å². The van der Waals surface area contributed by atoms with E-state index in [0.717, 1.165) is 6.42 Å². The number of nitrogens with zero attached hydrogens (tertiary/aromatic N) is 4. The van der Waals surface area contributed by atoms with E-state index in [1.165, 1.54) is 17.2 Å². The first-order valence-corrected chi connectivity index (χ1v) is 14.9. The Hall–Kier alpha value is -1.36. The molecule has 21 heteroatoms. The molecule has 2 aromatic rings. The lowest BCUT2D eigenvalue weighted by Crippen LogP contribution is -2.33. The molecular weight excluding hydrogens is 551 g/mol. The molecule has 7 atom stereocenters. The van der Waals surface area contributed by atoms with Gasteiger partial charge in [0, 0.05) is 6.54 Å². The maximum atomic E-state index is 11.9. The molecule has 1 aliphatic heterocycles. The van der Waals surface area contributed by atoms with Crippen molar-refractivity contribution in [3.63, 3.8) is 0 Å². The lowest BCUT2D eigenvalue weighted by Gasteiger charge is -2.19. The molecule has 1 fully saturated rings.